The number of halogens is 2. The van der Waals surface area contributed by atoms with E-state index in [0.29, 0.717) is 5.88 Å². The molecule has 0 spiro atoms. The summed E-state index contributed by atoms with van der Waals surface area (Å²) >= 11 is 10.9. The van der Waals surface area contributed by atoms with Gasteiger partial charge < -0.3 is 0 Å². The molecule has 1 unspecified atom stereocenters. The summed E-state index contributed by atoms with van der Waals surface area (Å²) in [5.74, 6) is 0.536. The van der Waals surface area contributed by atoms with E-state index in [4.69, 9.17) is 23.2 Å². The molecule has 0 heterocycles. The Balaban J connectivity index is 3.85. The molecule has 0 saturated carbocycles. The maximum Gasteiger partial charge on any atom is 0.221 e. The summed E-state index contributed by atoms with van der Waals surface area (Å²) in [6.07, 6.45) is 0.744. The van der Waals surface area contributed by atoms with Crippen LogP contribution in [0.15, 0.2) is 0 Å². The van der Waals surface area contributed by atoms with E-state index >= 15 is 0 Å². The third-order valence-corrected chi connectivity index (χ3v) is 4.47. The Morgan fingerprint density at radius 2 is 2.10 bits per heavy atom. The first kappa shape index (κ1) is 10.5. The van der Waals surface area contributed by atoms with Crippen LogP contribution >= 0.6 is 23.2 Å². The van der Waals surface area contributed by atoms with Crippen LogP contribution in [0.5, 0.6) is 0 Å². The predicted octanol–water partition coefficient (Wildman–Crippen LogP) is 2.24. The van der Waals surface area contributed by atoms with Gasteiger partial charge in [0.25, 0.3) is 0 Å². The SMILES string of the molecule is C[SiH](C)C(CCCl)C(=O)Cl. The molecule has 0 aromatic rings. The van der Waals surface area contributed by atoms with Gasteiger partial charge >= 0.3 is 0 Å². The molecule has 0 amide bonds. The molecule has 0 saturated heterocycles. The monoisotopic (exact) mass is 198 g/mol. The van der Waals surface area contributed by atoms with E-state index in [1.165, 1.54) is 0 Å². The average molecular weight is 199 g/mol. The Kier molecular flexibility index (Phi) is 5.40. The van der Waals surface area contributed by atoms with Crippen molar-refractivity contribution in [2.24, 2.45) is 0 Å². The zero-order chi connectivity index (χ0) is 8.15. The molecule has 0 bridgehead atoms. The third-order valence-electron chi connectivity index (χ3n) is 1.52. The molecule has 0 aromatic heterocycles. The minimum Gasteiger partial charge on any atom is -0.281 e. The van der Waals surface area contributed by atoms with Crippen LogP contribution in [0.1, 0.15) is 6.42 Å². The van der Waals surface area contributed by atoms with Crippen molar-refractivity contribution in [1.29, 1.82) is 0 Å². The Labute approximate surface area is 73.3 Å². The van der Waals surface area contributed by atoms with Crippen molar-refractivity contribution in [3.63, 3.8) is 0 Å². The fourth-order valence-corrected chi connectivity index (χ4v) is 3.50. The van der Waals surface area contributed by atoms with Crippen LogP contribution in [-0.4, -0.2) is 19.9 Å². The minimum atomic E-state index is -0.927. The van der Waals surface area contributed by atoms with Crippen molar-refractivity contribution in [3.05, 3.63) is 0 Å². The first-order chi connectivity index (χ1) is 4.59. The van der Waals surface area contributed by atoms with Gasteiger partial charge in [0, 0.05) is 20.2 Å². The van der Waals surface area contributed by atoms with Crippen molar-refractivity contribution in [2.45, 2.75) is 25.1 Å². The molecule has 1 atom stereocenters. The van der Waals surface area contributed by atoms with Gasteiger partial charge in [0.2, 0.25) is 5.24 Å². The van der Waals surface area contributed by atoms with E-state index in [2.05, 4.69) is 13.1 Å². The lowest BCUT2D eigenvalue weighted by atomic mass is 10.3. The molecule has 0 N–H and O–H groups in total. The number of hydrogen-bond donors (Lipinski definition) is 0. The van der Waals surface area contributed by atoms with Gasteiger partial charge in [-0.3, -0.25) is 4.79 Å². The van der Waals surface area contributed by atoms with Crippen LogP contribution < -0.4 is 0 Å². The number of rotatable bonds is 4. The number of alkyl halides is 1. The summed E-state index contributed by atoms with van der Waals surface area (Å²) in [5, 5.41) is -0.206. The van der Waals surface area contributed by atoms with E-state index in [1.807, 2.05) is 0 Å². The fraction of sp³-hybridized carbons (Fsp3) is 0.833. The quantitative estimate of drug-likeness (QED) is 0.385. The first-order valence-corrected chi connectivity index (χ1v) is 7.23. The fourth-order valence-electron chi connectivity index (χ4n) is 0.826. The highest BCUT2D eigenvalue weighted by Gasteiger charge is 2.19. The summed E-state index contributed by atoms with van der Waals surface area (Å²) in [4.78, 5) is 10.7. The molecule has 0 fully saturated rings. The van der Waals surface area contributed by atoms with E-state index in [0.717, 1.165) is 6.42 Å². The Bertz CT molecular complexity index is 116. The lowest BCUT2D eigenvalue weighted by Crippen LogP contribution is -2.18. The van der Waals surface area contributed by atoms with Crippen molar-refractivity contribution in [1.82, 2.24) is 0 Å². The van der Waals surface area contributed by atoms with E-state index in [1.54, 1.807) is 0 Å². The molecule has 1 nitrogen and oxygen atoms in total. The largest absolute Gasteiger partial charge is 0.281 e. The van der Waals surface area contributed by atoms with Crippen molar-refractivity contribution in [2.75, 3.05) is 5.88 Å². The zero-order valence-corrected chi connectivity index (χ0v) is 8.90. The molecule has 0 aromatic carbocycles. The molecule has 0 aliphatic carbocycles. The van der Waals surface area contributed by atoms with Gasteiger partial charge in [-0.25, -0.2) is 0 Å². The van der Waals surface area contributed by atoms with Crippen molar-refractivity contribution < 1.29 is 4.79 Å². The third kappa shape index (κ3) is 3.59. The molecule has 60 valence electrons. The van der Waals surface area contributed by atoms with Gasteiger partial charge in [-0.15, -0.1) is 11.6 Å². The van der Waals surface area contributed by atoms with E-state index in [9.17, 15) is 4.79 Å². The highest BCUT2D eigenvalue weighted by Crippen LogP contribution is 2.19. The standard InChI is InChI=1S/C6H12Cl2OSi/c1-10(2)5(3-4-7)6(8)9/h5,10H,3-4H2,1-2H3. The zero-order valence-electron chi connectivity index (χ0n) is 6.23. The van der Waals surface area contributed by atoms with Gasteiger partial charge in [0.05, 0.1) is 0 Å². The molecule has 0 rings (SSSR count). The highest BCUT2D eigenvalue weighted by molar-refractivity contribution is 6.75. The molecule has 10 heavy (non-hydrogen) atoms. The first-order valence-electron chi connectivity index (χ1n) is 3.35. The Morgan fingerprint density at radius 3 is 2.20 bits per heavy atom. The highest BCUT2D eigenvalue weighted by atomic mass is 35.5. The molecule has 0 aliphatic heterocycles. The lowest BCUT2D eigenvalue weighted by Gasteiger charge is -2.12. The van der Waals surface area contributed by atoms with Gasteiger partial charge in [-0.1, -0.05) is 13.1 Å². The second-order valence-electron chi connectivity index (χ2n) is 2.63. The lowest BCUT2D eigenvalue weighted by molar-refractivity contribution is -0.111. The number of carbonyl (C=O) groups is 1. The van der Waals surface area contributed by atoms with Crippen molar-refractivity contribution in [3.8, 4) is 0 Å². The summed E-state index contributed by atoms with van der Waals surface area (Å²) in [6, 6.07) is 0. The van der Waals surface area contributed by atoms with E-state index in [-0.39, 0.29) is 10.8 Å². The maximum atomic E-state index is 10.7. The van der Waals surface area contributed by atoms with Crippen molar-refractivity contribution >= 4 is 37.2 Å². The van der Waals surface area contributed by atoms with Crippen LogP contribution in [0, 0.1) is 0 Å². The Hall–Kier alpha value is 0.467. The van der Waals surface area contributed by atoms with Crippen LogP contribution in [-0.2, 0) is 4.79 Å². The van der Waals surface area contributed by atoms with Crippen LogP contribution in [0.4, 0.5) is 0 Å². The van der Waals surface area contributed by atoms with Crippen LogP contribution in [0.25, 0.3) is 0 Å². The normalized spacial score (nSPS) is 13.7. The topological polar surface area (TPSA) is 17.1 Å². The summed E-state index contributed by atoms with van der Waals surface area (Å²) in [5.41, 5.74) is 0.0687. The smallest absolute Gasteiger partial charge is 0.221 e. The average Bonchev–Trinajstić information content (AvgIpc) is 1.81. The molecule has 0 radical (unpaired) electrons. The molecule has 4 heteroatoms. The summed E-state index contributed by atoms with van der Waals surface area (Å²) in [6.45, 7) is 4.22. The van der Waals surface area contributed by atoms with Gasteiger partial charge in [-0.2, -0.15) is 0 Å². The van der Waals surface area contributed by atoms with Gasteiger partial charge in [-0.05, 0) is 18.0 Å². The Morgan fingerprint density at radius 1 is 1.60 bits per heavy atom. The maximum absolute atomic E-state index is 10.7. The minimum absolute atomic E-state index is 0.0687. The van der Waals surface area contributed by atoms with E-state index < -0.39 is 8.80 Å². The van der Waals surface area contributed by atoms with Crippen LogP contribution in [0.3, 0.4) is 0 Å². The molecule has 0 aliphatic rings. The molecular formula is C6H12Cl2OSi. The van der Waals surface area contributed by atoms with Gasteiger partial charge in [0.15, 0.2) is 0 Å². The number of hydrogen-bond acceptors (Lipinski definition) is 1. The molecular weight excluding hydrogens is 187 g/mol. The van der Waals surface area contributed by atoms with Crippen LogP contribution in [0.2, 0.25) is 18.6 Å². The second kappa shape index (κ2) is 5.16. The summed E-state index contributed by atoms with van der Waals surface area (Å²) < 4.78 is 0. The van der Waals surface area contributed by atoms with Gasteiger partial charge in [0.1, 0.15) is 0 Å². The summed E-state index contributed by atoms with van der Waals surface area (Å²) in [7, 11) is -0.927. The second-order valence-corrected chi connectivity index (χ2v) is 6.68. The predicted molar refractivity (Wildman–Crippen MR) is 48.8 cm³/mol. The number of carbonyl (C=O) groups excluding carboxylic acids is 1.